The van der Waals surface area contributed by atoms with Crippen molar-refractivity contribution in [1.29, 1.82) is 0 Å². The number of rotatable bonds is 3. The topological polar surface area (TPSA) is 50.3 Å². The molecule has 0 saturated carbocycles. The number of hydrogen-bond acceptors (Lipinski definition) is 4. The summed E-state index contributed by atoms with van der Waals surface area (Å²) in [5, 5.41) is 2.53. The lowest BCUT2D eigenvalue weighted by atomic mass is 10.1. The highest BCUT2D eigenvalue weighted by Gasteiger charge is 2.37. The number of piperidine rings is 1. The van der Waals surface area contributed by atoms with E-state index in [4.69, 9.17) is 11.6 Å². The van der Waals surface area contributed by atoms with Crippen molar-refractivity contribution in [3.63, 3.8) is 0 Å². The van der Waals surface area contributed by atoms with E-state index >= 15 is 0 Å². The van der Waals surface area contributed by atoms with Crippen LogP contribution >= 0.6 is 22.9 Å². The minimum Gasteiger partial charge on any atom is -0.248 e. The largest absolute Gasteiger partial charge is 0.248 e. The lowest BCUT2D eigenvalue weighted by Gasteiger charge is -2.33. The summed E-state index contributed by atoms with van der Waals surface area (Å²) in [6.45, 7) is 1.94. The van der Waals surface area contributed by atoms with E-state index in [1.807, 2.05) is 5.38 Å². The molecule has 2 heterocycles. The smallest absolute Gasteiger partial charge is 0.245 e. The van der Waals surface area contributed by atoms with Gasteiger partial charge >= 0.3 is 0 Å². The quantitative estimate of drug-likeness (QED) is 0.810. The molecule has 0 spiro atoms. The fourth-order valence-electron chi connectivity index (χ4n) is 2.79. The second-order valence-corrected chi connectivity index (χ2v) is 8.72. The number of benzene rings is 1. The van der Waals surface area contributed by atoms with E-state index in [9.17, 15) is 12.8 Å². The van der Waals surface area contributed by atoms with Crippen molar-refractivity contribution >= 4 is 33.0 Å². The van der Waals surface area contributed by atoms with Gasteiger partial charge in [0.25, 0.3) is 0 Å². The highest BCUT2D eigenvalue weighted by molar-refractivity contribution is 7.89. The first kappa shape index (κ1) is 16.8. The standard InChI is InChI=1S/C15H16ClFN2O2S2/c1-10-8-14(11(16)9-12(10)17)23(20,21)19-6-3-2-4-13(19)15-18-5-7-22-15/h5,7-9,13H,2-4,6H2,1H3. The third-order valence-corrected chi connectivity index (χ3v) is 7.24. The lowest BCUT2D eigenvalue weighted by molar-refractivity contribution is 0.255. The molecule has 3 rings (SSSR count). The molecule has 1 aromatic heterocycles. The molecule has 124 valence electrons. The van der Waals surface area contributed by atoms with Gasteiger partial charge in [0.2, 0.25) is 10.0 Å². The SMILES string of the molecule is Cc1cc(S(=O)(=O)N2CCCCC2c2nccs2)c(Cl)cc1F. The molecule has 1 fully saturated rings. The van der Waals surface area contributed by atoms with Crippen molar-refractivity contribution in [2.45, 2.75) is 37.1 Å². The van der Waals surface area contributed by atoms with Gasteiger partial charge in [-0.1, -0.05) is 18.0 Å². The first-order valence-electron chi connectivity index (χ1n) is 7.28. The molecule has 1 aliphatic heterocycles. The number of thiazole rings is 1. The number of aryl methyl sites for hydroxylation is 1. The predicted octanol–water partition coefficient (Wildman–Crippen LogP) is 4.16. The Bertz CT molecular complexity index is 809. The Hall–Kier alpha value is -1.02. The number of sulfonamides is 1. The molecule has 1 atom stereocenters. The zero-order chi connectivity index (χ0) is 16.6. The first-order valence-corrected chi connectivity index (χ1v) is 9.98. The second-order valence-electron chi connectivity index (χ2n) is 5.53. The predicted molar refractivity (Wildman–Crippen MR) is 88.7 cm³/mol. The van der Waals surface area contributed by atoms with Crippen LogP contribution in [-0.2, 0) is 10.0 Å². The fourth-order valence-corrected chi connectivity index (χ4v) is 5.88. The van der Waals surface area contributed by atoms with Gasteiger partial charge in [-0.2, -0.15) is 4.31 Å². The van der Waals surface area contributed by atoms with Gasteiger partial charge in [0.05, 0.1) is 11.1 Å². The van der Waals surface area contributed by atoms with Crippen LogP contribution < -0.4 is 0 Å². The van der Waals surface area contributed by atoms with Gasteiger partial charge in [-0.3, -0.25) is 0 Å². The molecule has 2 aromatic rings. The molecule has 23 heavy (non-hydrogen) atoms. The van der Waals surface area contributed by atoms with Gasteiger partial charge in [0.15, 0.2) is 0 Å². The van der Waals surface area contributed by atoms with E-state index in [-0.39, 0.29) is 21.5 Å². The van der Waals surface area contributed by atoms with Gasteiger partial charge < -0.3 is 0 Å². The molecule has 0 aliphatic carbocycles. The summed E-state index contributed by atoms with van der Waals surface area (Å²) >= 11 is 7.46. The molecular formula is C15H16ClFN2O2S2. The monoisotopic (exact) mass is 374 g/mol. The Labute approximate surface area is 144 Å². The Morgan fingerprint density at radius 1 is 1.39 bits per heavy atom. The second kappa shape index (κ2) is 6.47. The zero-order valence-electron chi connectivity index (χ0n) is 12.5. The number of hydrogen-bond donors (Lipinski definition) is 0. The molecule has 0 amide bonds. The summed E-state index contributed by atoms with van der Waals surface area (Å²) in [6.07, 6.45) is 4.14. The van der Waals surface area contributed by atoms with Crippen LogP contribution in [0.5, 0.6) is 0 Å². The van der Waals surface area contributed by atoms with Crippen LogP contribution in [0.4, 0.5) is 4.39 Å². The summed E-state index contributed by atoms with van der Waals surface area (Å²) in [5.74, 6) is -0.510. The normalized spacial score (nSPS) is 19.9. The van der Waals surface area contributed by atoms with Gasteiger partial charge in [-0.05, 0) is 37.5 Å². The molecule has 0 N–H and O–H groups in total. The van der Waals surface area contributed by atoms with E-state index in [0.29, 0.717) is 6.54 Å². The Balaban J connectivity index is 2.05. The lowest BCUT2D eigenvalue weighted by Crippen LogP contribution is -2.38. The molecule has 8 heteroatoms. The van der Waals surface area contributed by atoms with E-state index in [1.165, 1.54) is 28.6 Å². The van der Waals surface area contributed by atoms with Crippen LogP contribution in [0.3, 0.4) is 0 Å². The van der Waals surface area contributed by atoms with Gasteiger partial charge in [0, 0.05) is 18.1 Å². The van der Waals surface area contributed by atoms with Gasteiger partial charge in [0.1, 0.15) is 15.7 Å². The molecule has 0 bridgehead atoms. The van der Waals surface area contributed by atoms with Crippen molar-refractivity contribution in [3.05, 3.63) is 45.1 Å². The fraction of sp³-hybridized carbons (Fsp3) is 0.400. The zero-order valence-corrected chi connectivity index (χ0v) is 14.9. The Kier molecular flexibility index (Phi) is 4.73. The van der Waals surface area contributed by atoms with Crippen LogP contribution in [0.15, 0.2) is 28.6 Å². The van der Waals surface area contributed by atoms with Crippen molar-refractivity contribution in [1.82, 2.24) is 9.29 Å². The average molecular weight is 375 g/mol. The van der Waals surface area contributed by atoms with Gasteiger partial charge in [-0.25, -0.2) is 17.8 Å². The molecule has 1 saturated heterocycles. The Morgan fingerprint density at radius 2 is 2.17 bits per heavy atom. The van der Waals surface area contributed by atoms with Crippen LogP contribution in [0.1, 0.15) is 35.9 Å². The highest BCUT2D eigenvalue weighted by atomic mass is 35.5. The van der Waals surface area contributed by atoms with E-state index < -0.39 is 15.8 Å². The molecule has 1 aliphatic rings. The van der Waals surface area contributed by atoms with Crippen molar-refractivity contribution in [2.75, 3.05) is 6.54 Å². The Morgan fingerprint density at radius 3 is 2.87 bits per heavy atom. The summed E-state index contributed by atoms with van der Waals surface area (Å²) in [6, 6.07) is 2.09. The molecule has 0 radical (unpaired) electrons. The van der Waals surface area contributed by atoms with E-state index in [2.05, 4.69) is 4.98 Å². The maximum absolute atomic E-state index is 13.6. The van der Waals surface area contributed by atoms with Crippen LogP contribution in [0.2, 0.25) is 5.02 Å². The van der Waals surface area contributed by atoms with E-state index in [1.54, 1.807) is 6.20 Å². The molecular weight excluding hydrogens is 359 g/mol. The van der Waals surface area contributed by atoms with Crippen molar-refractivity contribution < 1.29 is 12.8 Å². The number of aromatic nitrogens is 1. The third kappa shape index (κ3) is 3.15. The number of halogens is 2. The van der Waals surface area contributed by atoms with Crippen LogP contribution in [-0.4, -0.2) is 24.3 Å². The minimum atomic E-state index is -3.81. The molecule has 1 aromatic carbocycles. The van der Waals surface area contributed by atoms with Gasteiger partial charge in [-0.15, -0.1) is 11.3 Å². The average Bonchev–Trinajstić information content (AvgIpc) is 3.05. The highest BCUT2D eigenvalue weighted by Crippen LogP contribution is 2.38. The molecule has 1 unspecified atom stereocenters. The molecule has 4 nitrogen and oxygen atoms in total. The van der Waals surface area contributed by atoms with Crippen molar-refractivity contribution in [3.8, 4) is 0 Å². The maximum atomic E-state index is 13.6. The minimum absolute atomic E-state index is 0.0403. The summed E-state index contributed by atoms with van der Waals surface area (Å²) in [7, 11) is -3.81. The van der Waals surface area contributed by atoms with E-state index in [0.717, 1.165) is 30.3 Å². The van der Waals surface area contributed by atoms with Crippen molar-refractivity contribution in [2.24, 2.45) is 0 Å². The first-order chi connectivity index (χ1) is 10.9. The number of nitrogens with zero attached hydrogens (tertiary/aromatic N) is 2. The van der Waals surface area contributed by atoms with Crippen LogP contribution in [0, 0.1) is 12.7 Å². The summed E-state index contributed by atoms with van der Waals surface area (Å²) in [4.78, 5) is 4.23. The summed E-state index contributed by atoms with van der Waals surface area (Å²) < 4.78 is 41.2. The summed E-state index contributed by atoms with van der Waals surface area (Å²) in [5.41, 5.74) is 0.260. The third-order valence-electron chi connectivity index (χ3n) is 3.99. The van der Waals surface area contributed by atoms with Crippen LogP contribution in [0.25, 0.3) is 0 Å². The maximum Gasteiger partial charge on any atom is 0.245 e.